The van der Waals surface area contributed by atoms with Crippen LogP contribution in [0.4, 0.5) is 10.1 Å². The van der Waals surface area contributed by atoms with Crippen molar-refractivity contribution in [2.45, 2.75) is 13.5 Å². The van der Waals surface area contributed by atoms with Crippen molar-refractivity contribution in [3.8, 4) is 11.5 Å². The molecule has 0 bridgehead atoms. The summed E-state index contributed by atoms with van der Waals surface area (Å²) in [5.41, 5.74) is 2.40. The van der Waals surface area contributed by atoms with Crippen molar-refractivity contribution < 1.29 is 14.2 Å². The molecule has 0 spiro atoms. The number of nitrogens with one attached hydrogen (secondary N) is 1. The van der Waals surface area contributed by atoms with E-state index in [4.69, 9.17) is 4.74 Å². The summed E-state index contributed by atoms with van der Waals surface area (Å²) < 4.78 is 18.4. The highest BCUT2D eigenvalue weighted by molar-refractivity contribution is 5.58. The number of methoxy groups -OCH3 is 1. The van der Waals surface area contributed by atoms with E-state index in [-0.39, 0.29) is 11.6 Å². The van der Waals surface area contributed by atoms with Crippen LogP contribution >= 0.6 is 0 Å². The van der Waals surface area contributed by atoms with E-state index >= 15 is 0 Å². The fraction of sp³-hybridized carbons (Fsp3) is 0.200. The topological polar surface area (TPSA) is 41.5 Å². The first-order valence-electron chi connectivity index (χ1n) is 5.96. The molecule has 0 heterocycles. The molecule has 3 nitrogen and oxygen atoms in total. The van der Waals surface area contributed by atoms with E-state index in [1.54, 1.807) is 7.11 Å². The molecule has 0 amide bonds. The molecule has 0 aliphatic heterocycles. The van der Waals surface area contributed by atoms with Gasteiger partial charge < -0.3 is 15.2 Å². The van der Waals surface area contributed by atoms with Gasteiger partial charge >= 0.3 is 0 Å². The summed E-state index contributed by atoms with van der Waals surface area (Å²) >= 11 is 0. The number of aromatic hydroxyl groups is 1. The molecular weight excluding hydrogens is 245 g/mol. The third-order valence-corrected chi connectivity index (χ3v) is 2.87. The quantitative estimate of drug-likeness (QED) is 0.885. The number of halogens is 1. The van der Waals surface area contributed by atoms with Crippen molar-refractivity contribution in [1.82, 2.24) is 0 Å². The van der Waals surface area contributed by atoms with Gasteiger partial charge in [0.05, 0.1) is 12.8 Å². The van der Waals surface area contributed by atoms with Crippen LogP contribution in [0.25, 0.3) is 0 Å². The van der Waals surface area contributed by atoms with E-state index in [1.807, 2.05) is 25.1 Å². The molecule has 0 saturated carbocycles. The van der Waals surface area contributed by atoms with Crippen LogP contribution in [0.2, 0.25) is 0 Å². The van der Waals surface area contributed by atoms with Crippen molar-refractivity contribution in [2.24, 2.45) is 0 Å². The number of hydrogen-bond donors (Lipinski definition) is 2. The summed E-state index contributed by atoms with van der Waals surface area (Å²) in [5, 5.41) is 12.8. The molecule has 0 radical (unpaired) electrons. The number of hydrogen-bond acceptors (Lipinski definition) is 3. The maximum absolute atomic E-state index is 13.1. The Morgan fingerprint density at radius 1 is 1.21 bits per heavy atom. The summed E-state index contributed by atoms with van der Waals surface area (Å²) in [6.07, 6.45) is 0. The molecule has 2 N–H and O–H groups in total. The maximum atomic E-state index is 13.1. The number of anilines is 1. The second kappa shape index (κ2) is 5.61. The van der Waals surface area contributed by atoms with Gasteiger partial charge in [-0.3, -0.25) is 0 Å². The Morgan fingerprint density at radius 2 is 2.00 bits per heavy atom. The third-order valence-electron chi connectivity index (χ3n) is 2.87. The number of aryl methyl sites for hydroxylation is 1. The molecule has 19 heavy (non-hydrogen) atoms. The molecule has 0 fully saturated rings. The van der Waals surface area contributed by atoms with E-state index in [9.17, 15) is 9.50 Å². The SMILES string of the molecule is COc1cc(C)ccc1NCc1cc(F)ccc1O. The van der Waals surface area contributed by atoms with Crippen LogP contribution in [0.3, 0.4) is 0 Å². The van der Waals surface area contributed by atoms with E-state index in [0.29, 0.717) is 12.1 Å². The van der Waals surface area contributed by atoms with Crippen molar-refractivity contribution >= 4 is 5.69 Å². The van der Waals surface area contributed by atoms with Crippen molar-refractivity contribution in [3.05, 3.63) is 53.3 Å². The highest BCUT2D eigenvalue weighted by atomic mass is 19.1. The van der Waals surface area contributed by atoms with Crippen LogP contribution in [0, 0.1) is 12.7 Å². The van der Waals surface area contributed by atoms with Gasteiger partial charge in [0.25, 0.3) is 0 Å². The summed E-state index contributed by atoms with van der Waals surface area (Å²) in [4.78, 5) is 0. The highest BCUT2D eigenvalue weighted by Crippen LogP contribution is 2.27. The van der Waals surface area contributed by atoms with Crippen LogP contribution in [0.5, 0.6) is 11.5 Å². The molecule has 0 saturated heterocycles. The van der Waals surface area contributed by atoms with E-state index < -0.39 is 0 Å². The monoisotopic (exact) mass is 261 g/mol. The third kappa shape index (κ3) is 3.16. The molecular formula is C15H16FNO2. The highest BCUT2D eigenvalue weighted by Gasteiger charge is 2.06. The Bertz CT molecular complexity index is 584. The first-order valence-corrected chi connectivity index (χ1v) is 5.96. The number of benzene rings is 2. The van der Waals surface area contributed by atoms with Crippen molar-refractivity contribution in [2.75, 3.05) is 12.4 Å². The standard InChI is InChI=1S/C15H16FNO2/c1-10-3-5-13(15(7-10)19-2)17-9-11-8-12(16)4-6-14(11)18/h3-8,17-18H,9H2,1-2H3. The molecule has 100 valence electrons. The largest absolute Gasteiger partial charge is 0.508 e. The summed E-state index contributed by atoms with van der Waals surface area (Å²) in [6, 6.07) is 9.64. The first-order chi connectivity index (χ1) is 9.10. The van der Waals surface area contributed by atoms with Gasteiger partial charge in [0, 0.05) is 12.1 Å². The minimum absolute atomic E-state index is 0.0694. The molecule has 0 aromatic heterocycles. The molecule has 4 heteroatoms. The molecule has 2 aromatic carbocycles. The summed E-state index contributed by atoms with van der Waals surface area (Å²) in [5.74, 6) is 0.418. The van der Waals surface area contributed by atoms with Crippen LogP contribution in [-0.2, 0) is 6.54 Å². The lowest BCUT2D eigenvalue weighted by atomic mass is 10.1. The minimum atomic E-state index is -0.370. The Kier molecular flexibility index (Phi) is 3.90. The zero-order chi connectivity index (χ0) is 13.8. The van der Waals surface area contributed by atoms with Crippen LogP contribution in [-0.4, -0.2) is 12.2 Å². The van der Waals surface area contributed by atoms with Gasteiger partial charge in [-0.05, 0) is 42.8 Å². The van der Waals surface area contributed by atoms with Gasteiger partial charge in [-0.1, -0.05) is 6.07 Å². The second-order valence-electron chi connectivity index (χ2n) is 4.33. The lowest BCUT2D eigenvalue weighted by molar-refractivity contribution is 0.416. The lowest BCUT2D eigenvalue weighted by Gasteiger charge is -2.12. The number of rotatable bonds is 4. The smallest absolute Gasteiger partial charge is 0.142 e. The second-order valence-corrected chi connectivity index (χ2v) is 4.33. The predicted octanol–water partition coefficient (Wildman–Crippen LogP) is 3.46. The summed E-state index contributed by atoms with van der Waals surface area (Å²) in [6.45, 7) is 2.30. The number of ether oxygens (including phenoxy) is 1. The molecule has 0 atom stereocenters. The fourth-order valence-electron chi connectivity index (χ4n) is 1.83. The lowest BCUT2D eigenvalue weighted by Crippen LogP contribution is -2.02. The van der Waals surface area contributed by atoms with Crippen LogP contribution < -0.4 is 10.1 Å². The number of phenolic OH excluding ortho intramolecular Hbond substituents is 1. The average molecular weight is 261 g/mol. The van der Waals surface area contributed by atoms with E-state index in [0.717, 1.165) is 17.0 Å². The molecule has 0 aliphatic carbocycles. The average Bonchev–Trinajstić information content (AvgIpc) is 2.40. The maximum Gasteiger partial charge on any atom is 0.142 e. The first kappa shape index (κ1) is 13.2. The molecule has 2 aromatic rings. The van der Waals surface area contributed by atoms with Gasteiger partial charge in [-0.15, -0.1) is 0 Å². The molecule has 0 unspecified atom stereocenters. The van der Waals surface area contributed by atoms with Gasteiger partial charge in [-0.25, -0.2) is 4.39 Å². The molecule has 0 aliphatic rings. The Balaban J connectivity index is 2.16. The Hall–Kier alpha value is -2.23. The Labute approximate surface area is 111 Å². The fourth-order valence-corrected chi connectivity index (χ4v) is 1.83. The van der Waals surface area contributed by atoms with Gasteiger partial charge in [0.15, 0.2) is 0 Å². The van der Waals surface area contributed by atoms with Crippen molar-refractivity contribution in [3.63, 3.8) is 0 Å². The van der Waals surface area contributed by atoms with E-state index in [1.165, 1.54) is 18.2 Å². The van der Waals surface area contributed by atoms with Gasteiger partial charge in [0.2, 0.25) is 0 Å². The zero-order valence-electron chi connectivity index (χ0n) is 10.9. The Morgan fingerprint density at radius 3 is 2.74 bits per heavy atom. The predicted molar refractivity (Wildman–Crippen MR) is 73.1 cm³/mol. The van der Waals surface area contributed by atoms with Crippen LogP contribution in [0.1, 0.15) is 11.1 Å². The zero-order valence-corrected chi connectivity index (χ0v) is 10.9. The van der Waals surface area contributed by atoms with Crippen LogP contribution in [0.15, 0.2) is 36.4 Å². The van der Waals surface area contributed by atoms with E-state index in [2.05, 4.69) is 5.32 Å². The summed E-state index contributed by atoms with van der Waals surface area (Å²) in [7, 11) is 1.60. The van der Waals surface area contributed by atoms with Gasteiger partial charge in [-0.2, -0.15) is 0 Å². The molecule has 2 rings (SSSR count). The van der Waals surface area contributed by atoms with Crippen molar-refractivity contribution in [1.29, 1.82) is 0 Å². The minimum Gasteiger partial charge on any atom is -0.508 e. The van der Waals surface area contributed by atoms with Gasteiger partial charge in [0.1, 0.15) is 17.3 Å². The normalized spacial score (nSPS) is 10.3. The number of phenols is 1.